The highest BCUT2D eigenvalue weighted by Gasteiger charge is 2.14. The summed E-state index contributed by atoms with van der Waals surface area (Å²) in [5, 5.41) is 2.52. The molecule has 68 valence electrons. The largest absolute Gasteiger partial charge is 0.333 e. The number of hydrogen-bond donors (Lipinski definition) is 2. The van der Waals surface area contributed by atoms with Crippen molar-refractivity contribution in [1.82, 2.24) is 5.09 Å². The average molecular weight is 200 g/mol. The Morgan fingerprint density at radius 2 is 2.27 bits per heavy atom. The summed E-state index contributed by atoms with van der Waals surface area (Å²) in [5.74, 6) is 0.372. The summed E-state index contributed by atoms with van der Waals surface area (Å²) in [7, 11) is -3.06. The molecule has 1 unspecified atom stereocenters. The molecule has 3 nitrogen and oxygen atoms in total. The van der Waals surface area contributed by atoms with Gasteiger partial charge in [-0.05, 0) is 6.42 Å². The normalized spacial score (nSPS) is 16.3. The maximum absolute atomic E-state index is 11.1. The molecular weight excluding hydrogens is 184 g/mol. The molecule has 5 heteroatoms. The van der Waals surface area contributed by atoms with Gasteiger partial charge in [0.2, 0.25) is 0 Å². The van der Waals surface area contributed by atoms with Crippen molar-refractivity contribution in [1.29, 1.82) is 0 Å². The van der Waals surface area contributed by atoms with Crippen LogP contribution < -0.4 is 5.09 Å². The van der Waals surface area contributed by atoms with Crippen molar-refractivity contribution in [3.8, 4) is 0 Å². The molecule has 0 aromatic heterocycles. The second-order valence-electron chi connectivity index (χ2n) is 2.38. The molecule has 0 radical (unpaired) electrons. The van der Waals surface area contributed by atoms with Gasteiger partial charge in [-0.2, -0.15) is 0 Å². The van der Waals surface area contributed by atoms with E-state index < -0.39 is 7.52 Å². The fourth-order valence-corrected chi connectivity index (χ4v) is 2.26. The predicted octanol–water partition coefficient (Wildman–Crippen LogP) is 1.80. The molecule has 0 fully saturated rings. The van der Waals surface area contributed by atoms with Crippen molar-refractivity contribution < 1.29 is 9.46 Å². The van der Waals surface area contributed by atoms with E-state index in [4.69, 9.17) is 16.5 Å². The highest BCUT2D eigenvalue weighted by atomic mass is 35.5. The fourth-order valence-electron chi connectivity index (χ4n) is 0.668. The van der Waals surface area contributed by atoms with E-state index >= 15 is 0 Å². The Kier molecular flexibility index (Phi) is 6.25. The van der Waals surface area contributed by atoms with E-state index in [9.17, 15) is 4.57 Å². The summed E-state index contributed by atoms with van der Waals surface area (Å²) >= 11 is 5.35. The number of halogens is 1. The molecule has 0 saturated heterocycles. The molecule has 0 heterocycles. The van der Waals surface area contributed by atoms with Gasteiger partial charge in [-0.1, -0.05) is 13.3 Å². The zero-order chi connectivity index (χ0) is 8.74. The Morgan fingerprint density at radius 1 is 1.64 bits per heavy atom. The number of alkyl halides is 1. The third-order valence-corrected chi connectivity index (χ3v) is 3.10. The molecular formula is C6H15ClNO2P. The van der Waals surface area contributed by atoms with Crippen molar-refractivity contribution >= 4 is 19.1 Å². The lowest BCUT2D eigenvalue weighted by molar-refractivity contribution is 0.462. The van der Waals surface area contributed by atoms with Crippen LogP contribution in [0.5, 0.6) is 0 Å². The van der Waals surface area contributed by atoms with E-state index in [0.29, 0.717) is 18.6 Å². The molecule has 1 atom stereocenters. The van der Waals surface area contributed by atoms with Gasteiger partial charge in [0, 0.05) is 18.6 Å². The second-order valence-corrected chi connectivity index (χ2v) is 4.92. The molecule has 0 aliphatic heterocycles. The predicted molar refractivity (Wildman–Crippen MR) is 48.3 cm³/mol. The zero-order valence-electron chi connectivity index (χ0n) is 6.72. The summed E-state index contributed by atoms with van der Waals surface area (Å²) in [6.45, 7) is 2.39. The maximum Gasteiger partial charge on any atom is 0.267 e. The minimum Gasteiger partial charge on any atom is -0.333 e. The topological polar surface area (TPSA) is 49.3 Å². The molecule has 0 aliphatic rings. The van der Waals surface area contributed by atoms with Crippen molar-refractivity contribution in [3.63, 3.8) is 0 Å². The second kappa shape index (κ2) is 6.01. The zero-order valence-corrected chi connectivity index (χ0v) is 8.37. The third-order valence-electron chi connectivity index (χ3n) is 1.27. The molecule has 0 spiro atoms. The molecule has 0 saturated carbocycles. The van der Waals surface area contributed by atoms with Crippen LogP contribution in [0.25, 0.3) is 0 Å². The van der Waals surface area contributed by atoms with Gasteiger partial charge in [-0.3, -0.25) is 4.57 Å². The van der Waals surface area contributed by atoms with Gasteiger partial charge in [0.15, 0.2) is 0 Å². The lowest BCUT2D eigenvalue weighted by Gasteiger charge is -2.10. The van der Waals surface area contributed by atoms with Crippen LogP contribution in [0.4, 0.5) is 0 Å². The van der Waals surface area contributed by atoms with Gasteiger partial charge in [0.1, 0.15) is 0 Å². The molecule has 0 bridgehead atoms. The van der Waals surface area contributed by atoms with Gasteiger partial charge in [0.05, 0.1) is 0 Å². The van der Waals surface area contributed by atoms with E-state index in [1.54, 1.807) is 0 Å². The number of rotatable bonds is 6. The number of unbranched alkanes of at least 4 members (excludes halogenated alkanes) is 1. The van der Waals surface area contributed by atoms with Crippen LogP contribution in [0.3, 0.4) is 0 Å². The first-order valence-corrected chi connectivity index (χ1v) is 6.13. The molecule has 0 aromatic carbocycles. The minimum absolute atomic E-state index is 0.348. The molecule has 11 heavy (non-hydrogen) atoms. The molecule has 0 aliphatic carbocycles. The van der Waals surface area contributed by atoms with Crippen LogP contribution >= 0.6 is 19.1 Å². The van der Waals surface area contributed by atoms with Crippen LogP contribution in [0.15, 0.2) is 0 Å². The summed E-state index contributed by atoms with van der Waals surface area (Å²) in [4.78, 5) is 9.16. The molecule has 0 rings (SSSR count). The Balaban J connectivity index is 3.53. The van der Waals surface area contributed by atoms with Gasteiger partial charge in [-0.25, -0.2) is 5.09 Å². The SMILES string of the molecule is CCCCP(=O)(O)NCCCl. The lowest BCUT2D eigenvalue weighted by atomic mass is 10.4. The summed E-state index contributed by atoms with van der Waals surface area (Å²) < 4.78 is 11.1. The van der Waals surface area contributed by atoms with Gasteiger partial charge in [0.25, 0.3) is 7.52 Å². The van der Waals surface area contributed by atoms with Crippen LogP contribution in [0, 0.1) is 0 Å². The Labute approximate surface area is 72.6 Å². The van der Waals surface area contributed by atoms with Crippen LogP contribution in [0.2, 0.25) is 0 Å². The summed E-state index contributed by atoms with van der Waals surface area (Å²) in [6, 6.07) is 0. The highest BCUT2D eigenvalue weighted by molar-refractivity contribution is 7.55. The number of nitrogens with one attached hydrogen (secondary N) is 1. The first-order chi connectivity index (χ1) is 5.12. The molecule has 0 aromatic rings. The van der Waals surface area contributed by atoms with Gasteiger partial charge >= 0.3 is 0 Å². The first-order valence-electron chi connectivity index (χ1n) is 3.75. The molecule has 0 amide bonds. The lowest BCUT2D eigenvalue weighted by Crippen LogP contribution is -2.14. The molecule has 2 N–H and O–H groups in total. The maximum atomic E-state index is 11.1. The standard InChI is InChI=1S/C6H15ClNO2P/c1-2-3-6-11(9,10)8-5-4-7/h2-6H2,1H3,(H2,8,9,10). The van der Waals surface area contributed by atoms with Gasteiger partial charge in [-0.15, -0.1) is 11.6 Å². The van der Waals surface area contributed by atoms with E-state index in [2.05, 4.69) is 5.09 Å². The fraction of sp³-hybridized carbons (Fsp3) is 1.00. The van der Waals surface area contributed by atoms with Crippen molar-refractivity contribution in [3.05, 3.63) is 0 Å². The number of hydrogen-bond acceptors (Lipinski definition) is 1. The van der Waals surface area contributed by atoms with Crippen LogP contribution in [0.1, 0.15) is 19.8 Å². The highest BCUT2D eigenvalue weighted by Crippen LogP contribution is 2.35. The van der Waals surface area contributed by atoms with Crippen molar-refractivity contribution in [2.75, 3.05) is 18.6 Å². The van der Waals surface area contributed by atoms with Crippen molar-refractivity contribution in [2.24, 2.45) is 0 Å². The average Bonchev–Trinajstić information content (AvgIpc) is 1.97. The van der Waals surface area contributed by atoms with E-state index in [1.165, 1.54) is 0 Å². The Morgan fingerprint density at radius 3 is 2.73 bits per heavy atom. The van der Waals surface area contributed by atoms with E-state index in [0.717, 1.165) is 12.8 Å². The monoisotopic (exact) mass is 199 g/mol. The van der Waals surface area contributed by atoms with E-state index in [1.807, 2.05) is 6.92 Å². The van der Waals surface area contributed by atoms with E-state index in [-0.39, 0.29) is 0 Å². The van der Waals surface area contributed by atoms with Crippen LogP contribution in [-0.2, 0) is 4.57 Å². The first kappa shape index (κ1) is 11.4. The Hall–Kier alpha value is 0.440. The smallest absolute Gasteiger partial charge is 0.267 e. The van der Waals surface area contributed by atoms with Crippen LogP contribution in [-0.4, -0.2) is 23.5 Å². The van der Waals surface area contributed by atoms with Crippen molar-refractivity contribution in [2.45, 2.75) is 19.8 Å². The minimum atomic E-state index is -3.06. The Bertz CT molecular complexity index is 131. The summed E-state index contributed by atoms with van der Waals surface area (Å²) in [5.41, 5.74) is 0. The van der Waals surface area contributed by atoms with Gasteiger partial charge < -0.3 is 4.89 Å². The third kappa shape index (κ3) is 6.82. The summed E-state index contributed by atoms with van der Waals surface area (Å²) in [6.07, 6.45) is 2.07. The quantitative estimate of drug-likeness (QED) is 0.507.